The summed E-state index contributed by atoms with van der Waals surface area (Å²) in [5.74, 6) is -2.12. The lowest BCUT2D eigenvalue weighted by Gasteiger charge is -2.39. The van der Waals surface area contributed by atoms with Gasteiger partial charge in [-0.15, -0.1) is 0 Å². The Morgan fingerprint density at radius 2 is 1.81 bits per heavy atom. The minimum absolute atomic E-state index is 0.0314. The number of hydrogen-bond donors (Lipinski definition) is 1. The quantitative estimate of drug-likeness (QED) is 0.778. The molecule has 1 heterocycles. The van der Waals surface area contributed by atoms with E-state index >= 15 is 0 Å². The molecule has 3 rings (SSSR count). The number of fused-ring (bicyclic) bond motifs is 1. The molecule has 0 bridgehead atoms. The van der Waals surface area contributed by atoms with Gasteiger partial charge >= 0.3 is 6.18 Å². The van der Waals surface area contributed by atoms with Crippen molar-refractivity contribution in [3.63, 3.8) is 0 Å². The van der Waals surface area contributed by atoms with Gasteiger partial charge in [-0.05, 0) is 48.3 Å². The zero-order chi connectivity index (χ0) is 20.2. The highest BCUT2D eigenvalue weighted by atomic mass is 19.4. The van der Waals surface area contributed by atoms with E-state index in [0.717, 1.165) is 5.56 Å². The summed E-state index contributed by atoms with van der Waals surface area (Å²) in [7, 11) is 0. The second kappa shape index (κ2) is 6.33. The van der Waals surface area contributed by atoms with Gasteiger partial charge in [-0.3, -0.25) is 4.79 Å². The van der Waals surface area contributed by atoms with E-state index in [1.807, 2.05) is 27.7 Å². The van der Waals surface area contributed by atoms with E-state index in [2.05, 4.69) is 5.10 Å². The summed E-state index contributed by atoms with van der Waals surface area (Å²) in [6.45, 7) is 7.86. The number of halogens is 3. The third kappa shape index (κ3) is 3.26. The Morgan fingerprint density at radius 3 is 2.33 bits per heavy atom. The average Bonchev–Trinajstić information content (AvgIpc) is 2.87. The van der Waals surface area contributed by atoms with Crippen LogP contribution in [-0.4, -0.2) is 33.6 Å². The predicted molar refractivity (Wildman–Crippen MR) is 96.3 cm³/mol. The molecule has 1 aliphatic heterocycles. The van der Waals surface area contributed by atoms with Gasteiger partial charge in [0.1, 0.15) is 0 Å². The smallest absolute Gasteiger partial charge is 0.362 e. The first-order chi connectivity index (χ1) is 12.4. The second-order valence-electron chi connectivity index (χ2n) is 8.69. The molecule has 0 radical (unpaired) electrons. The van der Waals surface area contributed by atoms with Crippen LogP contribution in [-0.2, 0) is 5.41 Å². The van der Waals surface area contributed by atoms with Crippen LogP contribution in [0.25, 0.3) is 0 Å². The average molecular weight is 382 g/mol. The molecule has 1 aromatic rings. The Labute approximate surface area is 157 Å². The van der Waals surface area contributed by atoms with Crippen LogP contribution < -0.4 is 0 Å². The van der Waals surface area contributed by atoms with E-state index in [-0.39, 0.29) is 34.0 Å². The lowest BCUT2D eigenvalue weighted by molar-refractivity contribution is -0.313. The van der Waals surface area contributed by atoms with Gasteiger partial charge in [0.05, 0.1) is 5.92 Å². The SMILES string of the molecule is C[C@@H]1CCC2=NN(C(=O)c3ccc(C(C)(C)C)cc3)[C@](O)(C(F)(F)F)[C@H]2C1. The van der Waals surface area contributed by atoms with Gasteiger partial charge in [0, 0.05) is 11.3 Å². The molecule has 1 fully saturated rings. The number of aliphatic hydroxyl groups is 1. The molecule has 0 saturated heterocycles. The molecule has 0 spiro atoms. The Morgan fingerprint density at radius 1 is 1.22 bits per heavy atom. The summed E-state index contributed by atoms with van der Waals surface area (Å²) < 4.78 is 41.6. The number of carbonyl (C=O) groups excluding carboxylic acids is 1. The number of carbonyl (C=O) groups is 1. The zero-order valence-electron chi connectivity index (χ0n) is 16.0. The summed E-state index contributed by atoms with van der Waals surface area (Å²) in [5.41, 5.74) is -2.15. The van der Waals surface area contributed by atoms with E-state index in [4.69, 9.17) is 0 Å². The van der Waals surface area contributed by atoms with Crippen molar-refractivity contribution in [2.75, 3.05) is 0 Å². The maximum Gasteiger partial charge on any atom is 0.439 e. The molecule has 7 heteroatoms. The lowest BCUT2D eigenvalue weighted by Crippen LogP contribution is -2.61. The summed E-state index contributed by atoms with van der Waals surface area (Å²) in [6, 6.07) is 6.42. The number of benzene rings is 1. The highest BCUT2D eigenvalue weighted by molar-refractivity contribution is 5.99. The minimum atomic E-state index is -5.00. The van der Waals surface area contributed by atoms with Crippen LogP contribution in [0.3, 0.4) is 0 Å². The molecule has 1 aliphatic carbocycles. The van der Waals surface area contributed by atoms with Crippen LogP contribution >= 0.6 is 0 Å². The third-order valence-corrected chi connectivity index (χ3v) is 5.58. The molecule has 0 unspecified atom stereocenters. The van der Waals surface area contributed by atoms with E-state index in [1.165, 1.54) is 12.1 Å². The monoisotopic (exact) mass is 382 g/mol. The standard InChI is InChI=1S/C20H25F3N2O2/c1-12-5-10-16-15(11-12)19(27,20(21,22)23)25(24-16)17(26)13-6-8-14(9-7-13)18(2,3)4/h6-9,12,15,27H,5,10-11H2,1-4H3/t12-,15+,19-/m1/s1. The minimum Gasteiger partial charge on any atom is -0.362 e. The zero-order valence-corrected chi connectivity index (χ0v) is 16.0. The largest absolute Gasteiger partial charge is 0.439 e. The highest BCUT2D eigenvalue weighted by Gasteiger charge is 2.68. The number of nitrogens with zero attached hydrogens (tertiary/aromatic N) is 2. The van der Waals surface area contributed by atoms with Gasteiger partial charge in [-0.2, -0.15) is 23.3 Å². The Kier molecular flexibility index (Phi) is 4.65. The highest BCUT2D eigenvalue weighted by Crippen LogP contribution is 2.49. The third-order valence-electron chi connectivity index (χ3n) is 5.58. The number of rotatable bonds is 1. The molecule has 3 atom stereocenters. The second-order valence-corrected chi connectivity index (χ2v) is 8.69. The Bertz CT molecular complexity index is 765. The van der Waals surface area contributed by atoms with Crippen LogP contribution in [0.15, 0.2) is 29.4 Å². The molecule has 0 aromatic heterocycles. The number of hydrazone groups is 1. The predicted octanol–water partition coefficient (Wildman–Crippen LogP) is 4.48. The molecule has 2 aliphatic rings. The fourth-order valence-corrected chi connectivity index (χ4v) is 3.85. The molecular formula is C20H25F3N2O2. The topological polar surface area (TPSA) is 52.9 Å². The van der Waals surface area contributed by atoms with Crippen molar-refractivity contribution >= 4 is 11.6 Å². The maximum atomic E-state index is 13.9. The van der Waals surface area contributed by atoms with E-state index in [1.54, 1.807) is 12.1 Å². The first kappa shape index (κ1) is 19.9. The number of amides is 1. The molecule has 1 N–H and O–H groups in total. The van der Waals surface area contributed by atoms with Crippen LogP contribution in [0.4, 0.5) is 13.2 Å². The van der Waals surface area contributed by atoms with Gasteiger partial charge in [-0.25, -0.2) is 0 Å². The summed E-state index contributed by atoms with van der Waals surface area (Å²) in [5, 5.41) is 14.9. The Hall–Kier alpha value is -1.89. The first-order valence-electron chi connectivity index (χ1n) is 9.17. The van der Waals surface area contributed by atoms with E-state index < -0.39 is 23.7 Å². The Balaban J connectivity index is 1.98. The van der Waals surface area contributed by atoms with Crippen LogP contribution in [0.5, 0.6) is 0 Å². The van der Waals surface area contributed by atoms with Crippen molar-refractivity contribution in [2.45, 2.75) is 64.3 Å². The van der Waals surface area contributed by atoms with Crippen molar-refractivity contribution in [3.05, 3.63) is 35.4 Å². The summed E-state index contributed by atoms with van der Waals surface area (Å²) >= 11 is 0. The van der Waals surface area contributed by atoms with Crippen LogP contribution in [0.1, 0.15) is 62.9 Å². The van der Waals surface area contributed by atoms with Gasteiger partial charge in [-0.1, -0.05) is 39.8 Å². The van der Waals surface area contributed by atoms with Gasteiger partial charge in [0.25, 0.3) is 11.6 Å². The van der Waals surface area contributed by atoms with Gasteiger partial charge < -0.3 is 5.11 Å². The van der Waals surface area contributed by atoms with Gasteiger partial charge in [0.15, 0.2) is 0 Å². The van der Waals surface area contributed by atoms with Crippen molar-refractivity contribution < 1.29 is 23.1 Å². The normalized spacial score (nSPS) is 28.7. The van der Waals surface area contributed by atoms with Crippen molar-refractivity contribution in [2.24, 2.45) is 16.9 Å². The fourth-order valence-electron chi connectivity index (χ4n) is 3.85. The maximum absolute atomic E-state index is 13.9. The number of hydrogen-bond acceptors (Lipinski definition) is 3. The van der Waals surface area contributed by atoms with Crippen molar-refractivity contribution in [3.8, 4) is 0 Å². The molecule has 1 saturated carbocycles. The molecule has 4 nitrogen and oxygen atoms in total. The van der Waals surface area contributed by atoms with Crippen LogP contribution in [0, 0.1) is 11.8 Å². The fraction of sp³-hybridized carbons (Fsp3) is 0.600. The van der Waals surface area contributed by atoms with Gasteiger partial charge in [0.2, 0.25) is 0 Å². The molecule has 148 valence electrons. The number of alkyl halides is 3. The van der Waals surface area contributed by atoms with Crippen molar-refractivity contribution in [1.29, 1.82) is 0 Å². The van der Waals surface area contributed by atoms with E-state index in [9.17, 15) is 23.1 Å². The first-order valence-corrected chi connectivity index (χ1v) is 9.17. The molecule has 1 aromatic carbocycles. The lowest BCUT2D eigenvalue weighted by atomic mass is 9.76. The molecular weight excluding hydrogens is 357 g/mol. The summed E-state index contributed by atoms with van der Waals surface area (Å²) in [4.78, 5) is 12.9. The van der Waals surface area contributed by atoms with Crippen LogP contribution in [0.2, 0.25) is 0 Å². The van der Waals surface area contributed by atoms with Crippen molar-refractivity contribution in [1.82, 2.24) is 5.01 Å². The molecule has 27 heavy (non-hydrogen) atoms. The molecule has 1 amide bonds. The summed E-state index contributed by atoms with van der Waals surface area (Å²) in [6.07, 6.45) is -3.79. The van der Waals surface area contributed by atoms with E-state index in [0.29, 0.717) is 12.8 Å².